The highest BCUT2D eigenvalue weighted by Gasteiger charge is 2.26. The van der Waals surface area contributed by atoms with Gasteiger partial charge < -0.3 is 28.4 Å². The summed E-state index contributed by atoms with van der Waals surface area (Å²) in [7, 11) is 0. The Balaban J connectivity index is 0.000000114. The Kier molecular flexibility index (Phi) is 24.0. The maximum atomic E-state index is 2.42. The first-order chi connectivity index (χ1) is 74.4. The van der Waals surface area contributed by atoms with Gasteiger partial charge in [-0.05, 0) is 304 Å². The molecule has 0 aliphatic carbocycles. The molecule has 28 aromatic rings. The quantitative estimate of drug-likeness (QED) is 0.0806. The summed E-state index contributed by atoms with van der Waals surface area (Å²) in [6, 6.07) is 219. The van der Waals surface area contributed by atoms with E-state index in [-0.39, 0.29) is 0 Å². The molecule has 706 valence electrons. The van der Waals surface area contributed by atoms with Crippen molar-refractivity contribution < 1.29 is 0 Å². The summed E-state index contributed by atoms with van der Waals surface area (Å²) in [5.74, 6) is 0. The molecule has 3 heterocycles. The van der Waals surface area contributed by atoms with Gasteiger partial charge in [0.2, 0.25) is 0 Å². The van der Waals surface area contributed by atoms with E-state index in [2.05, 4.69) is 635 Å². The Morgan fingerprint density at radius 1 is 0.120 bits per heavy atom. The fourth-order valence-electron chi connectivity index (χ4n) is 22.1. The fraction of sp³-hybridized carbons (Fsp3) is 0. The number of nitrogens with zero attached hydrogens (tertiary/aromatic N) is 6. The Bertz CT molecular complexity index is 9540. The van der Waals surface area contributed by atoms with E-state index in [1.165, 1.54) is 187 Å². The first kappa shape index (κ1) is 90.1. The SMILES string of the molecule is c1ccc(-c2ccc(-c3ccc(N(c4ccc(-c5ccccc5)cc4)c4cccc5c4c4cc6ccccc6cc4n5-c4ccccc4)cc3)cc2)cc1.c1ccc(-c2ccc(N(c3cccc(-c4ccccc4)c3)c3ccc4cc5c(cc4c3)c3ccccc3n5-c3ccccc3)cc2)cc1.c1ccc(-c2ccc(N(c3ccccc3)c3ccc4cc5c(cc4c3)c3ccccc3n5-c3ccccc3)cc2-c2ccccc2)cc1. The van der Waals surface area contributed by atoms with Crippen LogP contribution in [0.2, 0.25) is 0 Å². The molecule has 0 saturated carbocycles. The van der Waals surface area contributed by atoms with Gasteiger partial charge in [-0.25, -0.2) is 0 Å². The molecule has 0 unspecified atom stereocenters. The minimum Gasteiger partial charge on any atom is -0.310 e. The summed E-state index contributed by atoms with van der Waals surface area (Å²) in [6.07, 6.45) is 0. The van der Waals surface area contributed by atoms with Crippen molar-refractivity contribution in [2.75, 3.05) is 14.7 Å². The van der Waals surface area contributed by atoms with Crippen molar-refractivity contribution in [2.45, 2.75) is 0 Å². The van der Waals surface area contributed by atoms with Crippen LogP contribution >= 0.6 is 0 Å². The van der Waals surface area contributed by atoms with Crippen molar-refractivity contribution in [2.24, 2.45) is 0 Å². The molecule has 0 atom stereocenters. The monoisotopic (exact) mass is 1910 g/mol. The van der Waals surface area contributed by atoms with Crippen LogP contribution in [0.3, 0.4) is 0 Å². The van der Waals surface area contributed by atoms with Crippen LogP contribution in [0.4, 0.5) is 51.2 Å². The van der Waals surface area contributed by atoms with Gasteiger partial charge in [-0.2, -0.15) is 0 Å². The van der Waals surface area contributed by atoms with E-state index in [0.29, 0.717) is 0 Å². The summed E-state index contributed by atoms with van der Waals surface area (Å²) in [6.45, 7) is 0. The van der Waals surface area contributed by atoms with E-state index in [4.69, 9.17) is 0 Å². The number of para-hydroxylation sites is 6. The standard InChI is InChI=1S/C52H36N2.2C46H32N2/c1-4-13-37(14-5-1)39-23-25-40(26-24-39)42-29-33-47(34-30-42)53(46-31-27-41(28-32-46)38-15-6-2-7-16-38)49-21-12-22-50-52(49)48-35-43-17-10-11-18-44(43)36-51(48)54(50)45-19-8-3-9-20-45;1-5-15-33(16-6-1)41-28-27-40(32-43(41)34-17-7-2-8-18-34)47(37-19-9-3-10-20-37)39-26-25-35-31-46-44(30-36(35)29-39)42-23-13-14-24-45(42)48(46)38-21-11-4-12-22-38;1-4-13-33(14-5-1)35-23-26-40(27-24-35)47(41-20-12-17-36(29-41)34-15-6-2-7-16-34)42-28-25-37-32-46-44(31-38(37)30-42)43-21-10-11-22-45(43)48(46)39-18-8-3-9-19-39/h1-36H;2*1-32H. The third-order valence-corrected chi connectivity index (χ3v) is 29.2. The van der Waals surface area contributed by atoms with Crippen LogP contribution in [0.15, 0.2) is 607 Å². The number of rotatable bonds is 19. The van der Waals surface area contributed by atoms with E-state index in [0.717, 1.165) is 56.9 Å². The lowest BCUT2D eigenvalue weighted by Crippen LogP contribution is -2.10. The Morgan fingerprint density at radius 3 is 0.820 bits per heavy atom. The molecule has 0 amide bonds. The van der Waals surface area contributed by atoms with Gasteiger partial charge >= 0.3 is 0 Å². The molecule has 25 aromatic carbocycles. The number of fused-ring (bicyclic) bond motifs is 12. The van der Waals surface area contributed by atoms with Crippen molar-refractivity contribution in [1.29, 1.82) is 0 Å². The van der Waals surface area contributed by atoms with Crippen molar-refractivity contribution in [3.8, 4) is 95.0 Å². The second-order valence-electron chi connectivity index (χ2n) is 38.3. The lowest BCUT2D eigenvalue weighted by atomic mass is 9.93. The maximum Gasteiger partial charge on any atom is 0.0562 e. The number of anilines is 9. The number of benzene rings is 25. The third-order valence-electron chi connectivity index (χ3n) is 29.2. The number of hydrogen-bond donors (Lipinski definition) is 0. The predicted octanol–water partition coefficient (Wildman–Crippen LogP) is 39.9. The highest BCUT2D eigenvalue weighted by molar-refractivity contribution is 6.20. The molecule has 0 saturated heterocycles. The first-order valence-electron chi connectivity index (χ1n) is 51.4. The maximum absolute atomic E-state index is 2.42. The minimum atomic E-state index is 1.10. The topological polar surface area (TPSA) is 24.5 Å². The van der Waals surface area contributed by atoms with E-state index < -0.39 is 0 Å². The molecule has 6 nitrogen and oxygen atoms in total. The minimum absolute atomic E-state index is 1.10. The van der Waals surface area contributed by atoms with E-state index in [1.807, 2.05) is 0 Å². The smallest absolute Gasteiger partial charge is 0.0562 e. The van der Waals surface area contributed by atoms with Crippen LogP contribution in [0, 0.1) is 0 Å². The molecular formula is C144H100N6. The zero-order valence-electron chi connectivity index (χ0n) is 82.4. The number of hydrogen-bond acceptors (Lipinski definition) is 3. The van der Waals surface area contributed by atoms with E-state index in [1.54, 1.807) is 0 Å². The molecule has 0 aliphatic heterocycles. The fourth-order valence-corrected chi connectivity index (χ4v) is 22.1. The lowest BCUT2D eigenvalue weighted by molar-refractivity contribution is 1.18. The summed E-state index contributed by atoms with van der Waals surface area (Å²) in [5.41, 5.74) is 37.6. The average Bonchev–Trinajstić information content (AvgIpc) is 1.56. The van der Waals surface area contributed by atoms with Crippen LogP contribution in [-0.4, -0.2) is 13.7 Å². The normalized spacial score (nSPS) is 11.3. The van der Waals surface area contributed by atoms with Gasteiger partial charge in [0.1, 0.15) is 0 Å². The number of aromatic nitrogens is 3. The van der Waals surface area contributed by atoms with Gasteiger partial charge in [-0.1, -0.05) is 413 Å². The summed E-state index contributed by atoms with van der Waals surface area (Å²) < 4.78 is 7.18. The third kappa shape index (κ3) is 17.5. The van der Waals surface area contributed by atoms with Crippen LogP contribution in [0.25, 0.3) is 193 Å². The Morgan fingerprint density at radius 2 is 0.387 bits per heavy atom. The second kappa shape index (κ2) is 40.0. The van der Waals surface area contributed by atoms with Gasteiger partial charge in [0.15, 0.2) is 0 Å². The van der Waals surface area contributed by atoms with Crippen molar-refractivity contribution in [3.05, 3.63) is 607 Å². The lowest BCUT2D eigenvalue weighted by Gasteiger charge is -2.27. The molecule has 0 N–H and O–H groups in total. The average molecular weight is 1910 g/mol. The molecule has 6 heteroatoms. The Hall–Kier alpha value is -19.9. The van der Waals surface area contributed by atoms with Gasteiger partial charge in [0.25, 0.3) is 0 Å². The first-order valence-corrected chi connectivity index (χ1v) is 51.4. The second-order valence-corrected chi connectivity index (χ2v) is 38.3. The molecule has 150 heavy (non-hydrogen) atoms. The van der Waals surface area contributed by atoms with Crippen molar-refractivity contribution in [3.63, 3.8) is 0 Å². The Labute approximate surface area is 872 Å². The van der Waals surface area contributed by atoms with Gasteiger partial charge in [-0.15, -0.1) is 0 Å². The molecule has 0 spiro atoms. The van der Waals surface area contributed by atoms with Gasteiger partial charge in [0.05, 0.1) is 38.8 Å². The zero-order valence-corrected chi connectivity index (χ0v) is 82.4. The largest absolute Gasteiger partial charge is 0.310 e. The molecule has 0 fully saturated rings. The molecule has 0 radical (unpaired) electrons. The van der Waals surface area contributed by atoms with Crippen molar-refractivity contribution in [1.82, 2.24) is 13.7 Å². The van der Waals surface area contributed by atoms with E-state index >= 15 is 0 Å². The molecule has 0 bridgehead atoms. The molecule has 0 aliphatic rings. The molecule has 3 aromatic heterocycles. The molecule has 28 rings (SSSR count). The predicted molar refractivity (Wildman–Crippen MR) is 637 cm³/mol. The van der Waals surface area contributed by atoms with Crippen LogP contribution < -0.4 is 14.7 Å². The van der Waals surface area contributed by atoms with Gasteiger partial charge in [0, 0.05) is 94.9 Å². The summed E-state index contributed by atoms with van der Waals surface area (Å²) in [4.78, 5) is 7.17. The summed E-state index contributed by atoms with van der Waals surface area (Å²) >= 11 is 0. The van der Waals surface area contributed by atoms with Gasteiger partial charge in [-0.3, -0.25) is 0 Å². The highest BCUT2D eigenvalue weighted by Crippen LogP contribution is 2.50. The van der Waals surface area contributed by atoms with Crippen molar-refractivity contribution >= 4 is 149 Å². The molecular weight excluding hydrogens is 1810 g/mol. The highest BCUT2D eigenvalue weighted by atomic mass is 15.2. The van der Waals surface area contributed by atoms with E-state index in [9.17, 15) is 0 Å². The zero-order chi connectivity index (χ0) is 99.6. The summed E-state index contributed by atoms with van der Waals surface area (Å²) in [5, 5.41) is 14.8. The van der Waals surface area contributed by atoms with Crippen LogP contribution in [0.5, 0.6) is 0 Å². The van der Waals surface area contributed by atoms with Crippen LogP contribution in [0.1, 0.15) is 0 Å². The van der Waals surface area contributed by atoms with Crippen LogP contribution in [-0.2, 0) is 0 Å².